The molecule has 1 amide bonds. The van der Waals surface area contributed by atoms with E-state index in [1.807, 2.05) is 7.05 Å². The molecular weight excluding hydrogens is 238 g/mol. The van der Waals surface area contributed by atoms with Crippen molar-refractivity contribution in [3.8, 4) is 0 Å². The van der Waals surface area contributed by atoms with Crippen molar-refractivity contribution < 1.29 is 4.79 Å². The molecule has 1 aliphatic heterocycles. The average molecular weight is 262 g/mol. The molecule has 1 saturated heterocycles. The molecule has 2 rings (SSSR count). The number of nitrogens with zero attached hydrogens (tertiary/aromatic N) is 1. The molecule has 1 saturated carbocycles. The SMILES string of the molecule is CN(CC(=O)NC1CC1)CC1(C)CCNC1.Cl. The van der Waals surface area contributed by atoms with Gasteiger partial charge in [-0.05, 0) is 38.3 Å². The molecule has 2 N–H and O–H groups in total. The summed E-state index contributed by atoms with van der Waals surface area (Å²) in [5, 5.41) is 6.41. The molecule has 1 atom stereocenters. The van der Waals surface area contributed by atoms with Gasteiger partial charge in [-0.2, -0.15) is 0 Å². The van der Waals surface area contributed by atoms with Crippen molar-refractivity contribution >= 4 is 18.3 Å². The van der Waals surface area contributed by atoms with E-state index in [1.54, 1.807) is 0 Å². The normalized spacial score (nSPS) is 27.9. The molecule has 0 aromatic heterocycles. The van der Waals surface area contributed by atoms with Crippen LogP contribution in [0.3, 0.4) is 0 Å². The number of carbonyl (C=O) groups is 1. The van der Waals surface area contributed by atoms with Gasteiger partial charge < -0.3 is 10.6 Å². The van der Waals surface area contributed by atoms with E-state index >= 15 is 0 Å². The van der Waals surface area contributed by atoms with Gasteiger partial charge in [-0.15, -0.1) is 12.4 Å². The molecule has 1 aliphatic carbocycles. The van der Waals surface area contributed by atoms with Gasteiger partial charge in [-0.25, -0.2) is 0 Å². The van der Waals surface area contributed by atoms with Crippen molar-refractivity contribution in [2.75, 3.05) is 33.2 Å². The van der Waals surface area contributed by atoms with Gasteiger partial charge in [-0.1, -0.05) is 6.92 Å². The first kappa shape index (κ1) is 14.7. The summed E-state index contributed by atoms with van der Waals surface area (Å²) in [4.78, 5) is 13.8. The summed E-state index contributed by atoms with van der Waals surface area (Å²) in [5.74, 6) is 0.180. The summed E-state index contributed by atoms with van der Waals surface area (Å²) in [5.41, 5.74) is 0.342. The Kier molecular flexibility index (Phi) is 5.22. The Labute approximate surface area is 110 Å². The standard InChI is InChI=1S/C12H23N3O.ClH/c1-12(5-6-13-8-12)9-15(2)7-11(16)14-10-3-4-10;/h10,13H,3-9H2,1-2H3,(H,14,16);1H. The molecule has 1 unspecified atom stereocenters. The Hall–Kier alpha value is -0.320. The second kappa shape index (κ2) is 6.03. The molecule has 0 bridgehead atoms. The largest absolute Gasteiger partial charge is 0.352 e. The topological polar surface area (TPSA) is 44.4 Å². The number of hydrogen-bond donors (Lipinski definition) is 2. The summed E-state index contributed by atoms with van der Waals surface area (Å²) in [6.07, 6.45) is 3.54. The Bertz CT molecular complexity index is 262. The monoisotopic (exact) mass is 261 g/mol. The second-order valence-corrected chi connectivity index (χ2v) is 5.75. The maximum absolute atomic E-state index is 11.6. The molecule has 100 valence electrons. The Morgan fingerprint density at radius 3 is 2.76 bits per heavy atom. The Balaban J connectivity index is 0.00000144. The second-order valence-electron chi connectivity index (χ2n) is 5.75. The van der Waals surface area contributed by atoms with Crippen molar-refractivity contribution in [2.24, 2.45) is 5.41 Å². The van der Waals surface area contributed by atoms with Gasteiger partial charge in [-0.3, -0.25) is 9.69 Å². The zero-order valence-corrected chi connectivity index (χ0v) is 11.6. The Morgan fingerprint density at radius 1 is 1.53 bits per heavy atom. The predicted molar refractivity (Wildman–Crippen MR) is 71.5 cm³/mol. The van der Waals surface area contributed by atoms with Crippen LogP contribution in [0.2, 0.25) is 0 Å². The minimum absolute atomic E-state index is 0. The van der Waals surface area contributed by atoms with Crippen molar-refractivity contribution in [1.82, 2.24) is 15.5 Å². The summed E-state index contributed by atoms with van der Waals surface area (Å²) in [6, 6.07) is 0.477. The van der Waals surface area contributed by atoms with Gasteiger partial charge in [0.05, 0.1) is 6.54 Å². The minimum Gasteiger partial charge on any atom is -0.352 e. The molecule has 0 aromatic carbocycles. The summed E-state index contributed by atoms with van der Waals surface area (Å²) < 4.78 is 0. The number of hydrogen-bond acceptors (Lipinski definition) is 3. The van der Waals surface area contributed by atoms with Crippen LogP contribution in [0.4, 0.5) is 0 Å². The first-order valence-corrected chi connectivity index (χ1v) is 6.26. The third-order valence-electron chi connectivity index (χ3n) is 3.46. The maximum Gasteiger partial charge on any atom is 0.234 e. The molecule has 17 heavy (non-hydrogen) atoms. The third-order valence-corrected chi connectivity index (χ3v) is 3.46. The fourth-order valence-electron chi connectivity index (χ4n) is 2.46. The van der Waals surface area contributed by atoms with Gasteiger partial charge in [0.15, 0.2) is 0 Å². The van der Waals surface area contributed by atoms with E-state index in [4.69, 9.17) is 0 Å². The van der Waals surface area contributed by atoms with Crippen LogP contribution in [0.5, 0.6) is 0 Å². The van der Waals surface area contributed by atoms with Crippen LogP contribution in [0.25, 0.3) is 0 Å². The highest BCUT2D eigenvalue weighted by Gasteiger charge is 2.30. The molecule has 4 nitrogen and oxygen atoms in total. The van der Waals surface area contributed by atoms with E-state index in [-0.39, 0.29) is 18.3 Å². The molecule has 0 radical (unpaired) electrons. The first-order valence-electron chi connectivity index (χ1n) is 6.26. The van der Waals surface area contributed by atoms with Crippen molar-refractivity contribution in [2.45, 2.75) is 32.2 Å². The van der Waals surface area contributed by atoms with Crippen molar-refractivity contribution in [3.63, 3.8) is 0 Å². The van der Waals surface area contributed by atoms with Gasteiger partial charge in [0.2, 0.25) is 5.91 Å². The van der Waals surface area contributed by atoms with Gasteiger partial charge in [0.25, 0.3) is 0 Å². The lowest BCUT2D eigenvalue weighted by Gasteiger charge is -2.28. The molecule has 1 heterocycles. The number of likely N-dealkylation sites (N-methyl/N-ethyl adjacent to an activating group) is 1. The summed E-state index contributed by atoms with van der Waals surface area (Å²) >= 11 is 0. The van der Waals surface area contributed by atoms with E-state index in [2.05, 4.69) is 22.5 Å². The van der Waals surface area contributed by atoms with Crippen molar-refractivity contribution in [3.05, 3.63) is 0 Å². The summed E-state index contributed by atoms with van der Waals surface area (Å²) in [6.45, 7) is 6.01. The molecule has 0 spiro atoms. The number of carbonyl (C=O) groups excluding carboxylic acids is 1. The van der Waals surface area contributed by atoms with E-state index in [9.17, 15) is 4.79 Å². The zero-order valence-electron chi connectivity index (χ0n) is 10.8. The van der Waals surface area contributed by atoms with E-state index < -0.39 is 0 Å². The minimum atomic E-state index is 0. The molecule has 5 heteroatoms. The average Bonchev–Trinajstić information content (AvgIpc) is 2.87. The third kappa shape index (κ3) is 4.82. The van der Waals surface area contributed by atoms with Crippen LogP contribution in [-0.2, 0) is 4.79 Å². The highest BCUT2D eigenvalue weighted by Crippen LogP contribution is 2.25. The van der Waals surface area contributed by atoms with Crippen LogP contribution in [-0.4, -0.2) is 50.1 Å². The molecular formula is C12H24ClN3O. The van der Waals surface area contributed by atoms with E-state index in [0.717, 1.165) is 32.5 Å². The van der Waals surface area contributed by atoms with Gasteiger partial charge >= 0.3 is 0 Å². The summed E-state index contributed by atoms with van der Waals surface area (Å²) in [7, 11) is 2.04. The van der Waals surface area contributed by atoms with E-state index in [1.165, 1.54) is 6.42 Å². The number of halogens is 1. The van der Waals surface area contributed by atoms with E-state index in [0.29, 0.717) is 18.0 Å². The van der Waals surface area contributed by atoms with Crippen molar-refractivity contribution in [1.29, 1.82) is 0 Å². The van der Waals surface area contributed by atoms with Gasteiger partial charge in [0.1, 0.15) is 0 Å². The lowest BCUT2D eigenvalue weighted by Crippen LogP contribution is -2.41. The quantitative estimate of drug-likeness (QED) is 0.763. The highest BCUT2D eigenvalue weighted by atomic mass is 35.5. The van der Waals surface area contributed by atoms with Crippen LogP contribution in [0.1, 0.15) is 26.2 Å². The van der Waals surface area contributed by atoms with Crippen LogP contribution >= 0.6 is 12.4 Å². The highest BCUT2D eigenvalue weighted by molar-refractivity contribution is 5.85. The molecule has 2 aliphatic rings. The van der Waals surface area contributed by atoms with Crippen LogP contribution in [0.15, 0.2) is 0 Å². The van der Waals surface area contributed by atoms with Crippen LogP contribution < -0.4 is 10.6 Å². The lowest BCUT2D eigenvalue weighted by molar-refractivity contribution is -0.122. The van der Waals surface area contributed by atoms with Gasteiger partial charge in [0, 0.05) is 19.1 Å². The smallest absolute Gasteiger partial charge is 0.234 e. The zero-order chi connectivity index (χ0) is 11.6. The molecule has 0 aromatic rings. The lowest BCUT2D eigenvalue weighted by atomic mass is 9.89. The number of nitrogens with one attached hydrogen (secondary N) is 2. The maximum atomic E-state index is 11.6. The Morgan fingerprint density at radius 2 is 2.24 bits per heavy atom. The van der Waals surface area contributed by atoms with Crippen LogP contribution in [0, 0.1) is 5.41 Å². The number of rotatable bonds is 5. The fourth-order valence-corrected chi connectivity index (χ4v) is 2.46. The molecule has 2 fully saturated rings. The fraction of sp³-hybridized carbons (Fsp3) is 0.917. The number of amides is 1. The predicted octanol–water partition coefficient (Wildman–Crippen LogP) is 0.618. The first-order chi connectivity index (χ1) is 7.57.